The van der Waals surface area contributed by atoms with Gasteiger partial charge in [0.1, 0.15) is 0 Å². The highest BCUT2D eigenvalue weighted by Gasteiger charge is 2.18. The molecule has 3 rings (SSSR count). The van der Waals surface area contributed by atoms with Gasteiger partial charge in [-0.1, -0.05) is 68.3 Å². The molecule has 21 heavy (non-hydrogen) atoms. The maximum absolute atomic E-state index is 6.84. The number of benzene rings is 3. The monoisotopic (exact) mass is 422 g/mol. The van der Waals surface area contributed by atoms with E-state index in [4.69, 9.17) is 11.6 Å². The van der Waals surface area contributed by atoms with Gasteiger partial charge < -0.3 is 0 Å². The molecule has 0 heterocycles. The van der Waals surface area contributed by atoms with E-state index in [-0.39, 0.29) is 5.38 Å². The maximum Gasteiger partial charge on any atom is 0.0855 e. The molecular weight excluding hydrogens is 411 g/mol. The summed E-state index contributed by atoms with van der Waals surface area (Å²) in [7, 11) is 0. The van der Waals surface area contributed by atoms with Gasteiger partial charge in [-0.15, -0.1) is 11.6 Å². The highest BCUT2D eigenvalue weighted by molar-refractivity contribution is 9.11. The van der Waals surface area contributed by atoms with E-state index in [2.05, 4.69) is 81.2 Å². The molecule has 0 bridgehead atoms. The fraction of sp³-hybridized carbons (Fsp3) is 0.111. The van der Waals surface area contributed by atoms with Crippen molar-refractivity contribution in [3.8, 4) is 0 Å². The van der Waals surface area contributed by atoms with Crippen LogP contribution < -0.4 is 0 Å². The van der Waals surface area contributed by atoms with E-state index < -0.39 is 0 Å². The van der Waals surface area contributed by atoms with Gasteiger partial charge in [-0.3, -0.25) is 0 Å². The zero-order chi connectivity index (χ0) is 15.0. The Hall–Kier alpha value is -0.830. The van der Waals surface area contributed by atoms with Crippen LogP contribution in [-0.4, -0.2) is 0 Å². The number of hydrogen-bond acceptors (Lipinski definition) is 0. The van der Waals surface area contributed by atoms with E-state index in [1.54, 1.807) is 0 Å². The lowest BCUT2D eigenvalue weighted by Gasteiger charge is -2.18. The molecule has 0 nitrogen and oxygen atoms in total. The summed E-state index contributed by atoms with van der Waals surface area (Å²) < 4.78 is 2.06. The van der Waals surface area contributed by atoms with Crippen molar-refractivity contribution in [3.05, 3.63) is 80.2 Å². The molecule has 1 atom stereocenters. The zero-order valence-corrected chi connectivity index (χ0v) is 15.3. The highest BCUT2D eigenvalue weighted by Crippen LogP contribution is 2.39. The summed E-state index contributed by atoms with van der Waals surface area (Å²) >= 11 is 14.0. The molecule has 0 saturated carbocycles. The summed E-state index contributed by atoms with van der Waals surface area (Å²) in [5.74, 6) is 0. The van der Waals surface area contributed by atoms with Crippen LogP contribution in [0.2, 0.25) is 0 Å². The summed E-state index contributed by atoms with van der Waals surface area (Å²) in [4.78, 5) is 0. The summed E-state index contributed by atoms with van der Waals surface area (Å²) in [6.45, 7) is 2.11. The molecule has 106 valence electrons. The van der Waals surface area contributed by atoms with Gasteiger partial charge in [0.15, 0.2) is 0 Å². The van der Waals surface area contributed by atoms with Crippen LogP contribution >= 0.6 is 43.5 Å². The molecule has 0 fully saturated rings. The molecule has 0 aliphatic heterocycles. The fourth-order valence-electron chi connectivity index (χ4n) is 2.61. The van der Waals surface area contributed by atoms with Gasteiger partial charge in [-0.05, 0) is 52.6 Å². The normalized spacial score (nSPS) is 12.6. The van der Waals surface area contributed by atoms with Crippen molar-refractivity contribution in [2.75, 3.05) is 0 Å². The van der Waals surface area contributed by atoms with Crippen molar-refractivity contribution in [3.63, 3.8) is 0 Å². The molecule has 0 aliphatic rings. The Bertz CT molecular complexity index is 811. The molecule has 0 aromatic heterocycles. The van der Waals surface area contributed by atoms with E-state index in [1.165, 1.54) is 21.9 Å². The largest absolute Gasteiger partial charge is 0.113 e. The minimum atomic E-state index is -0.192. The standard InChI is InChI=1S/C18H13Br2Cl/c1-11-6-7-12-4-2-3-5-14(12)17(11)18(21)15-10-13(19)8-9-16(15)20/h2-10,18H,1H3. The molecule has 1 unspecified atom stereocenters. The molecule has 3 aromatic rings. The summed E-state index contributed by atoms with van der Waals surface area (Å²) in [5, 5.41) is 2.24. The number of aryl methyl sites for hydroxylation is 1. The first-order valence-corrected chi connectivity index (χ1v) is 8.67. The number of alkyl halides is 1. The van der Waals surface area contributed by atoms with Crippen molar-refractivity contribution in [2.45, 2.75) is 12.3 Å². The smallest absolute Gasteiger partial charge is 0.0855 e. The van der Waals surface area contributed by atoms with E-state index in [0.717, 1.165) is 14.5 Å². The Morgan fingerprint density at radius 1 is 0.952 bits per heavy atom. The van der Waals surface area contributed by atoms with Crippen LogP contribution in [-0.2, 0) is 0 Å². The Morgan fingerprint density at radius 3 is 2.52 bits per heavy atom. The van der Waals surface area contributed by atoms with Crippen molar-refractivity contribution in [1.29, 1.82) is 0 Å². The topological polar surface area (TPSA) is 0 Å². The van der Waals surface area contributed by atoms with E-state index in [0.29, 0.717) is 0 Å². The second-order valence-corrected chi connectivity index (χ2v) is 7.25. The van der Waals surface area contributed by atoms with E-state index in [9.17, 15) is 0 Å². The zero-order valence-electron chi connectivity index (χ0n) is 11.4. The van der Waals surface area contributed by atoms with Crippen LogP contribution in [0.5, 0.6) is 0 Å². The molecule has 3 aromatic carbocycles. The van der Waals surface area contributed by atoms with Crippen LogP contribution in [0.3, 0.4) is 0 Å². The first-order valence-electron chi connectivity index (χ1n) is 6.65. The van der Waals surface area contributed by atoms with Crippen LogP contribution in [0.4, 0.5) is 0 Å². The molecule has 0 spiro atoms. The molecular formula is C18H13Br2Cl. The van der Waals surface area contributed by atoms with Crippen LogP contribution in [0, 0.1) is 6.92 Å². The average molecular weight is 425 g/mol. The van der Waals surface area contributed by atoms with Crippen LogP contribution in [0.25, 0.3) is 10.8 Å². The Morgan fingerprint density at radius 2 is 1.71 bits per heavy atom. The average Bonchev–Trinajstić information content (AvgIpc) is 2.49. The first-order chi connectivity index (χ1) is 10.1. The molecule has 0 aliphatic carbocycles. The van der Waals surface area contributed by atoms with Crippen LogP contribution in [0.15, 0.2) is 63.5 Å². The number of rotatable bonds is 2. The van der Waals surface area contributed by atoms with Gasteiger partial charge >= 0.3 is 0 Å². The lowest BCUT2D eigenvalue weighted by Crippen LogP contribution is -1.99. The second kappa shape index (κ2) is 6.12. The lowest BCUT2D eigenvalue weighted by atomic mass is 9.94. The lowest BCUT2D eigenvalue weighted by molar-refractivity contribution is 1.12. The van der Waals surface area contributed by atoms with Crippen molar-refractivity contribution < 1.29 is 0 Å². The van der Waals surface area contributed by atoms with E-state index in [1.807, 2.05) is 12.1 Å². The third-order valence-electron chi connectivity index (χ3n) is 3.67. The number of halogens is 3. The van der Waals surface area contributed by atoms with Gasteiger partial charge in [-0.2, -0.15) is 0 Å². The second-order valence-electron chi connectivity index (χ2n) is 5.05. The predicted molar refractivity (Wildman–Crippen MR) is 98.2 cm³/mol. The van der Waals surface area contributed by atoms with Gasteiger partial charge in [0.2, 0.25) is 0 Å². The van der Waals surface area contributed by atoms with Crippen molar-refractivity contribution in [2.24, 2.45) is 0 Å². The molecule has 0 N–H and O–H groups in total. The highest BCUT2D eigenvalue weighted by atomic mass is 79.9. The maximum atomic E-state index is 6.84. The quantitative estimate of drug-likeness (QED) is 0.389. The third-order valence-corrected chi connectivity index (χ3v) is 5.34. The predicted octanol–water partition coefficient (Wildman–Crippen LogP) is 7.00. The van der Waals surface area contributed by atoms with E-state index >= 15 is 0 Å². The van der Waals surface area contributed by atoms with Crippen LogP contribution in [0.1, 0.15) is 22.1 Å². The molecule has 0 saturated heterocycles. The fourth-order valence-corrected chi connectivity index (χ4v) is 4.06. The van der Waals surface area contributed by atoms with Gasteiger partial charge in [0, 0.05) is 8.95 Å². The first kappa shape index (κ1) is 15.1. The van der Waals surface area contributed by atoms with Crippen molar-refractivity contribution >= 4 is 54.2 Å². The van der Waals surface area contributed by atoms with Crippen molar-refractivity contribution in [1.82, 2.24) is 0 Å². The molecule has 0 amide bonds. The summed E-state index contributed by atoms with van der Waals surface area (Å²) in [6.07, 6.45) is 0. The molecule has 0 radical (unpaired) electrons. The third kappa shape index (κ3) is 2.90. The van der Waals surface area contributed by atoms with Gasteiger partial charge in [0.05, 0.1) is 5.38 Å². The Balaban J connectivity index is 2.24. The number of hydrogen-bond donors (Lipinski definition) is 0. The SMILES string of the molecule is Cc1ccc2ccccc2c1C(Cl)c1cc(Br)ccc1Br. The Labute approximate surface area is 146 Å². The summed E-state index contributed by atoms with van der Waals surface area (Å²) in [6, 6.07) is 18.8. The minimum absolute atomic E-state index is 0.192. The minimum Gasteiger partial charge on any atom is -0.113 e. The Kier molecular flexibility index (Phi) is 4.39. The van der Waals surface area contributed by atoms with Gasteiger partial charge in [-0.25, -0.2) is 0 Å². The molecule has 3 heteroatoms. The number of fused-ring (bicyclic) bond motifs is 1. The van der Waals surface area contributed by atoms with Gasteiger partial charge in [0.25, 0.3) is 0 Å². The summed E-state index contributed by atoms with van der Waals surface area (Å²) in [5.41, 5.74) is 3.46.